The number of furan rings is 1. The zero-order valence-corrected chi connectivity index (χ0v) is 19.5. The van der Waals surface area contributed by atoms with Gasteiger partial charge in [-0.3, -0.25) is 4.79 Å². The smallest absolute Gasteiger partial charge is 0.310 e. The van der Waals surface area contributed by atoms with E-state index in [0.717, 1.165) is 21.0 Å². The fourth-order valence-electron chi connectivity index (χ4n) is 2.85. The Bertz CT molecular complexity index is 979. The SMILES string of the molecule is CC.CCOC(=O)Cc1ccc(OC)cc1OCc1coc2c(OC)cc(Br)cc12. The third kappa shape index (κ3) is 5.69. The van der Waals surface area contributed by atoms with E-state index in [-0.39, 0.29) is 19.0 Å². The third-order valence-corrected chi connectivity index (χ3v) is 4.66. The van der Waals surface area contributed by atoms with E-state index in [1.165, 1.54) is 0 Å². The minimum Gasteiger partial charge on any atom is -0.497 e. The van der Waals surface area contributed by atoms with Gasteiger partial charge in [0.15, 0.2) is 11.3 Å². The first kappa shape index (κ1) is 23.6. The van der Waals surface area contributed by atoms with Crippen molar-refractivity contribution in [2.45, 2.75) is 33.8 Å². The number of fused-ring (bicyclic) bond motifs is 1. The molecule has 30 heavy (non-hydrogen) atoms. The molecule has 3 rings (SSSR count). The Morgan fingerprint density at radius 3 is 2.47 bits per heavy atom. The van der Waals surface area contributed by atoms with Gasteiger partial charge in [0.2, 0.25) is 0 Å². The summed E-state index contributed by atoms with van der Waals surface area (Å²) >= 11 is 3.48. The summed E-state index contributed by atoms with van der Waals surface area (Å²) in [5.74, 6) is 1.53. The van der Waals surface area contributed by atoms with Crippen molar-refractivity contribution >= 4 is 32.9 Å². The molecule has 0 spiro atoms. The molecule has 0 aliphatic rings. The summed E-state index contributed by atoms with van der Waals surface area (Å²) < 4.78 is 28.3. The molecule has 0 saturated carbocycles. The number of halogens is 1. The number of esters is 1. The Morgan fingerprint density at radius 1 is 1.03 bits per heavy atom. The molecular formula is C23H27BrO6. The van der Waals surface area contributed by atoms with Gasteiger partial charge in [0.05, 0.1) is 33.5 Å². The van der Waals surface area contributed by atoms with Gasteiger partial charge >= 0.3 is 5.97 Å². The van der Waals surface area contributed by atoms with Crippen LogP contribution in [0.4, 0.5) is 0 Å². The first-order chi connectivity index (χ1) is 14.5. The maximum Gasteiger partial charge on any atom is 0.310 e. The molecular weight excluding hydrogens is 452 g/mol. The molecule has 0 amide bonds. The molecule has 0 N–H and O–H groups in total. The van der Waals surface area contributed by atoms with Gasteiger partial charge in [0.1, 0.15) is 18.1 Å². The fourth-order valence-corrected chi connectivity index (χ4v) is 3.29. The lowest BCUT2D eigenvalue weighted by Crippen LogP contribution is -2.09. The second kappa shape index (κ2) is 11.5. The number of methoxy groups -OCH3 is 2. The molecule has 0 aliphatic heterocycles. The molecule has 2 aromatic carbocycles. The number of ether oxygens (including phenoxy) is 4. The van der Waals surface area contributed by atoms with Crippen molar-refractivity contribution in [2.75, 3.05) is 20.8 Å². The molecule has 0 radical (unpaired) electrons. The summed E-state index contributed by atoms with van der Waals surface area (Å²) in [5.41, 5.74) is 2.24. The molecule has 0 unspecified atom stereocenters. The van der Waals surface area contributed by atoms with E-state index in [1.807, 2.05) is 26.0 Å². The molecule has 3 aromatic rings. The van der Waals surface area contributed by atoms with Crippen LogP contribution in [-0.2, 0) is 22.6 Å². The number of hydrogen-bond donors (Lipinski definition) is 0. The van der Waals surface area contributed by atoms with Crippen LogP contribution in [0.3, 0.4) is 0 Å². The molecule has 7 heteroatoms. The second-order valence-electron chi connectivity index (χ2n) is 5.99. The summed E-state index contributed by atoms with van der Waals surface area (Å²) in [5, 5.41) is 0.890. The van der Waals surface area contributed by atoms with Crippen molar-refractivity contribution in [2.24, 2.45) is 0 Å². The summed E-state index contributed by atoms with van der Waals surface area (Å²) in [6.07, 6.45) is 1.77. The van der Waals surface area contributed by atoms with E-state index >= 15 is 0 Å². The van der Waals surface area contributed by atoms with Crippen molar-refractivity contribution < 1.29 is 28.2 Å². The highest BCUT2D eigenvalue weighted by Crippen LogP contribution is 2.34. The van der Waals surface area contributed by atoms with E-state index < -0.39 is 0 Å². The van der Waals surface area contributed by atoms with Gasteiger partial charge in [-0.05, 0) is 25.1 Å². The summed E-state index contributed by atoms with van der Waals surface area (Å²) in [6.45, 7) is 6.37. The van der Waals surface area contributed by atoms with Crippen LogP contribution in [0, 0.1) is 0 Å². The van der Waals surface area contributed by atoms with E-state index in [9.17, 15) is 4.79 Å². The largest absolute Gasteiger partial charge is 0.497 e. The lowest BCUT2D eigenvalue weighted by Gasteiger charge is -2.12. The van der Waals surface area contributed by atoms with Crippen LogP contribution in [0.1, 0.15) is 31.9 Å². The fraction of sp³-hybridized carbons (Fsp3) is 0.348. The van der Waals surface area contributed by atoms with Crippen LogP contribution in [-0.4, -0.2) is 26.8 Å². The van der Waals surface area contributed by atoms with Crippen molar-refractivity contribution in [3.05, 3.63) is 52.2 Å². The highest BCUT2D eigenvalue weighted by atomic mass is 79.9. The number of benzene rings is 2. The minimum atomic E-state index is -0.306. The summed E-state index contributed by atoms with van der Waals surface area (Å²) in [7, 11) is 3.18. The van der Waals surface area contributed by atoms with Crippen molar-refractivity contribution in [1.82, 2.24) is 0 Å². The van der Waals surface area contributed by atoms with Gasteiger partial charge in [-0.25, -0.2) is 0 Å². The van der Waals surface area contributed by atoms with E-state index in [4.69, 9.17) is 23.4 Å². The predicted octanol–water partition coefficient (Wildman–Crippen LogP) is 5.92. The maximum atomic E-state index is 11.9. The average molecular weight is 479 g/mol. The van der Waals surface area contributed by atoms with Gasteiger partial charge in [-0.2, -0.15) is 0 Å². The van der Waals surface area contributed by atoms with Crippen LogP contribution >= 0.6 is 15.9 Å². The van der Waals surface area contributed by atoms with Crippen LogP contribution < -0.4 is 14.2 Å². The average Bonchev–Trinajstić information content (AvgIpc) is 3.16. The van der Waals surface area contributed by atoms with E-state index in [2.05, 4.69) is 15.9 Å². The first-order valence-corrected chi connectivity index (χ1v) is 10.5. The third-order valence-electron chi connectivity index (χ3n) is 4.20. The quantitative estimate of drug-likeness (QED) is 0.374. The number of hydrogen-bond acceptors (Lipinski definition) is 6. The van der Waals surface area contributed by atoms with E-state index in [0.29, 0.717) is 29.4 Å². The Hall–Kier alpha value is -2.67. The molecule has 6 nitrogen and oxygen atoms in total. The highest BCUT2D eigenvalue weighted by Gasteiger charge is 2.15. The molecule has 0 bridgehead atoms. The molecule has 0 saturated heterocycles. The zero-order valence-electron chi connectivity index (χ0n) is 17.9. The second-order valence-corrected chi connectivity index (χ2v) is 6.91. The van der Waals surface area contributed by atoms with Crippen LogP contribution in [0.5, 0.6) is 17.2 Å². The van der Waals surface area contributed by atoms with Crippen LogP contribution in [0.25, 0.3) is 11.0 Å². The molecule has 0 atom stereocenters. The Balaban J connectivity index is 0.00000155. The lowest BCUT2D eigenvalue weighted by molar-refractivity contribution is -0.142. The molecule has 162 valence electrons. The monoisotopic (exact) mass is 478 g/mol. The lowest BCUT2D eigenvalue weighted by atomic mass is 10.1. The van der Waals surface area contributed by atoms with Gasteiger partial charge < -0.3 is 23.4 Å². The Labute approximate surface area is 185 Å². The normalized spacial score (nSPS) is 10.2. The predicted molar refractivity (Wildman–Crippen MR) is 119 cm³/mol. The van der Waals surface area contributed by atoms with Crippen molar-refractivity contribution in [1.29, 1.82) is 0 Å². The molecule has 1 heterocycles. The standard InChI is InChI=1S/C21H21BrO6.C2H6/c1-4-26-20(23)7-13-5-6-16(24-2)10-18(13)27-11-14-12-28-21-17(14)8-15(22)9-19(21)25-3;1-2/h5-6,8-10,12H,4,7,11H2,1-3H3;1-2H3. The van der Waals surface area contributed by atoms with Gasteiger partial charge in [-0.1, -0.05) is 35.8 Å². The van der Waals surface area contributed by atoms with Crippen LogP contribution in [0.15, 0.2) is 45.5 Å². The number of rotatable bonds is 8. The zero-order chi connectivity index (χ0) is 22.1. The number of carbonyl (C=O) groups is 1. The topological polar surface area (TPSA) is 67.1 Å². The van der Waals surface area contributed by atoms with Crippen molar-refractivity contribution in [3.63, 3.8) is 0 Å². The molecule has 0 aliphatic carbocycles. The van der Waals surface area contributed by atoms with Gasteiger partial charge in [-0.15, -0.1) is 0 Å². The Kier molecular flexibility index (Phi) is 9.05. The Morgan fingerprint density at radius 2 is 1.80 bits per heavy atom. The minimum absolute atomic E-state index is 0.124. The van der Waals surface area contributed by atoms with Gasteiger partial charge in [0.25, 0.3) is 0 Å². The van der Waals surface area contributed by atoms with E-state index in [1.54, 1.807) is 45.6 Å². The van der Waals surface area contributed by atoms with Crippen LogP contribution in [0.2, 0.25) is 0 Å². The highest BCUT2D eigenvalue weighted by molar-refractivity contribution is 9.10. The summed E-state index contributed by atoms with van der Waals surface area (Å²) in [6, 6.07) is 9.14. The van der Waals surface area contributed by atoms with Crippen molar-refractivity contribution in [3.8, 4) is 17.2 Å². The molecule has 1 aromatic heterocycles. The summed E-state index contributed by atoms with van der Waals surface area (Å²) in [4.78, 5) is 11.9. The first-order valence-electron chi connectivity index (χ1n) is 9.74. The number of carbonyl (C=O) groups excluding carboxylic acids is 1. The molecule has 0 fully saturated rings. The van der Waals surface area contributed by atoms with Gasteiger partial charge in [0, 0.05) is 27.1 Å². The maximum absolute atomic E-state index is 11.9.